The number of nitrogens with one attached hydrogen (secondary N) is 1. The maximum Gasteiger partial charge on any atom is 0.208 e. The van der Waals surface area contributed by atoms with Crippen LogP contribution in [0.3, 0.4) is 0 Å². The number of sulfonamides is 1. The van der Waals surface area contributed by atoms with E-state index in [1.807, 2.05) is 10.7 Å². The largest absolute Gasteiger partial charge is 0.295 e. The van der Waals surface area contributed by atoms with Crippen molar-refractivity contribution in [1.82, 2.24) is 19.4 Å². The molecule has 1 N–H and O–H groups in total. The second kappa shape index (κ2) is 4.88. The molecular weight excluding hydrogens is 264 g/mol. The van der Waals surface area contributed by atoms with E-state index >= 15 is 0 Å². The van der Waals surface area contributed by atoms with Gasteiger partial charge in [-0.25, -0.2) is 13.1 Å². The molecule has 1 aliphatic heterocycles. The minimum Gasteiger partial charge on any atom is -0.295 e. The van der Waals surface area contributed by atoms with Crippen LogP contribution in [-0.2, 0) is 16.6 Å². The third-order valence-corrected chi connectivity index (χ3v) is 4.44. The van der Waals surface area contributed by atoms with Crippen LogP contribution >= 0.6 is 0 Å². The molecular formula is C12H20N4O2S. The summed E-state index contributed by atoms with van der Waals surface area (Å²) in [7, 11) is -3.15. The molecule has 1 unspecified atom stereocenters. The second-order valence-electron chi connectivity index (χ2n) is 5.68. The average molecular weight is 284 g/mol. The zero-order valence-electron chi connectivity index (χ0n) is 11.1. The number of rotatable bonds is 5. The minimum absolute atomic E-state index is 0.0900. The maximum absolute atomic E-state index is 11.2. The fourth-order valence-corrected chi connectivity index (χ4v) is 3.16. The SMILES string of the molecule is CS(=O)(=O)NCC1CN(CC2CC2)Cc2ccnn21. The summed E-state index contributed by atoms with van der Waals surface area (Å²) in [5.41, 5.74) is 1.17. The first-order valence-corrected chi connectivity index (χ1v) is 8.60. The Labute approximate surface area is 113 Å². The van der Waals surface area contributed by atoms with Gasteiger partial charge < -0.3 is 0 Å². The van der Waals surface area contributed by atoms with Crippen molar-refractivity contribution in [3.8, 4) is 0 Å². The van der Waals surface area contributed by atoms with E-state index in [1.54, 1.807) is 6.20 Å². The monoisotopic (exact) mass is 284 g/mol. The van der Waals surface area contributed by atoms with Crippen LogP contribution in [0.15, 0.2) is 12.3 Å². The van der Waals surface area contributed by atoms with E-state index in [0.717, 1.165) is 25.6 Å². The van der Waals surface area contributed by atoms with Gasteiger partial charge in [0, 0.05) is 32.4 Å². The van der Waals surface area contributed by atoms with Crippen molar-refractivity contribution in [2.75, 3.05) is 25.9 Å². The summed E-state index contributed by atoms with van der Waals surface area (Å²) in [6, 6.07) is 2.11. The van der Waals surface area contributed by atoms with E-state index in [-0.39, 0.29) is 6.04 Å². The highest BCUT2D eigenvalue weighted by molar-refractivity contribution is 7.88. The first-order chi connectivity index (χ1) is 9.01. The number of aromatic nitrogens is 2. The molecule has 0 bridgehead atoms. The molecule has 6 nitrogen and oxygen atoms in total. The van der Waals surface area contributed by atoms with Gasteiger partial charge in [0.2, 0.25) is 10.0 Å². The van der Waals surface area contributed by atoms with Gasteiger partial charge in [-0.05, 0) is 24.8 Å². The quantitative estimate of drug-likeness (QED) is 0.839. The Morgan fingerprint density at radius 2 is 2.26 bits per heavy atom. The van der Waals surface area contributed by atoms with Crippen LogP contribution in [0.25, 0.3) is 0 Å². The first kappa shape index (κ1) is 13.1. The maximum atomic E-state index is 11.2. The van der Waals surface area contributed by atoms with E-state index in [9.17, 15) is 8.42 Å². The second-order valence-corrected chi connectivity index (χ2v) is 7.51. The zero-order valence-corrected chi connectivity index (χ0v) is 11.9. The Balaban J connectivity index is 1.70. The van der Waals surface area contributed by atoms with Gasteiger partial charge in [0.15, 0.2) is 0 Å². The topological polar surface area (TPSA) is 67.2 Å². The van der Waals surface area contributed by atoms with Crippen LogP contribution < -0.4 is 4.72 Å². The van der Waals surface area contributed by atoms with Gasteiger partial charge in [0.05, 0.1) is 18.0 Å². The van der Waals surface area contributed by atoms with E-state index < -0.39 is 10.0 Å². The summed E-state index contributed by atoms with van der Waals surface area (Å²) in [6.45, 7) is 3.33. The third-order valence-electron chi connectivity index (χ3n) is 3.75. The van der Waals surface area contributed by atoms with E-state index in [0.29, 0.717) is 6.54 Å². The summed E-state index contributed by atoms with van der Waals surface area (Å²) < 4.78 is 27.0. The number of fused-ring (bicyclic) bond motifs is 1. The summed E-state index contributed by atoms with van der Waals surface area (Å²) in [5.74, 6) is 0.845. The predicted molar refractivity (Wildman–Crippen MR) is 72.1 cm³/mol. The highest BCUT2D eigenvalue weighted by Crippen LogP contribution is 2.31. The fourth-order valence-electron chi connectivity index (χ4n) is 2.67. The number of nitrogens with zero attached hydrogens (tertiary/aromatic N) is 3. The summed E-state index contributed by atoms with van der Waals surface area (Å²) >= 11 is 0. The van der Waals surface area contributed by atoms with Crippen molar-refractivity contribution in [2.24, 2.45) is 5.92 Å². The fraction of sp³-hybridized carbons (Fsp3) is 0.750. The summed E-state index contributed by atoms with van der Waals surface area (Å²) in [4.78, 5) is 2.42. The Kier molecular flexibility index (Phi) is 3.36. The molecule has 1 aliphatic carbocycles. The Morgan fingerprint density at radius 3 is 2.95 bits per heavy atom. The standard InChI is InChI=1S/C12H20N4O2S/c1-19(17,18)14-6-12-9-15(7-10-2-3-10)8-11-4-5-13-16(11)12/h4-5,10,12,14H,2-3,6-9H2,1H3. The van der Waals surface area contributed by atoms with E-state index in [4.69, 9.17) is 0 Å². The minimum atomic E-state index is -3.15. The molecule has 106 valence electrons. The molecule has 0 saturated heterocycles. The first-order valence-electron chi connectivity index (χ1n) is 6.70. The molecule has 2 aliphatic rings. The molecule has 1 saturated carbocycles. The van der Waals surface area contributed by atoms with Gasteiger partial charge in [0.25, 0.3) is 0 Å². The van der Waals surface area contributed by atoms with Crippen LogP contribution in [0.4, 0.5) is 0 Å². The van der Waals surface area contributed by atoms with Crippen molar-refractivity contribution >= 4 is 10.0 Å². The molecule has 7 heteroatoms. The zero-order chi connectivity index (χ0) is 13.5. The average Bonchev–Trinajstić information content (AvgIpc) is 3.00. The van der Waals surface area contributed by atoms with Crippen molar-refractivity contribution in [3.05, 3.63) is 18.0 Å². The molecule has 1 aromatic rings. The number of hydrogen-bond acceptors (Lipinski definition) is 4. The lowest BCUT2D eigenvalue weighted by Gasteiger charge is -2.33. The lowest BCUT2D eigenvalue weighted by molar-refractivity contribution is 0.169. The molecule has 19 heavy (non-hydrogen) atoms. The molecule has 1 atom stereocenters. The molecule has 1 fully saturated rings. The van der Waals surface area contributed by atoms with Crippen LogP contribution in [-0.4, -0.2) is 49.0 Å². The van der Waals surface area contributed by atoms with Crippen LogP contribution in [0, 0.1) is 5.92 Å². The molecule has 2 heterocycles. The molecule has 0 amide bonds. The molecule has 3 rings (SSSR count). The molecule has 0 spiro atoms. The lowest BCUT2D eigenvalue weighted by atomic mass is 10.2. The highest BCUT2D eigenvalue weighted by Gasteiger charge is 2.30. The van der Waals surface area contributed by atoms with Gasteiger partial charge in [-0.15, -0.1) is 0 Å². The summed E-state index contributed by atoms with van der Waals surface area (Å²) in [6.07, 6.45) is 5.66. The summed E-state index contributed by atoms with van der Waals surface area (Å²) in [5, 5.41) is 4.32. The van der Waals surface area contributed by atoms with Gasteiger partial charge >= 0.3 is 0 Å². The van der Waals surface area contributed by atoms with Crippen LogP contribution in [0.2, 0.25) is 0 Å². The van der Waals surface area contributed by atoms with Crippen molar-refractivity contribution in [2.45, 2.75) is 25.4 Å². The van der Waals surface area contributed by atoms with E-state index in [1.165, 1.54) is 24.8 Å². The van der Waals surface area contributed by atoms with Crippen molar-refractivity contribution in [3.63, 3.8) is 0 Å². The molecule has 1 aromatic heterocycles. The Hall–Kier alpha value is -0.920. The van der Waals surface area contributed by atoms with Gasteiger partial charge in [-0.3, -0.25) is 9.58 Å². The van der Waals surface area contributed by atoms with Gasteiger partial charge in [-0.1, -0.05) is 0 Å². The number of hydrogen-bond donors (Lipinski definition) is 1. The lowest BCUT2D eigenvalue weighted by Crippen LogP contribution is -2.43. The smallest absolute Gasteiger partial charge is 0.208 e. The highest BCUT2D eigenvalue weighted by atomic mass is 32.2. The molecule has 0 aromatic carbocycles. The van der Waals surface area contributed by atoms with Crippen molar-refractivity contribution in [1.29, 1.82) is 0 Å². The Bertz CT molecular complexity index is 550. The van der Waals surface area contributed by atoms with Crippen LogP contribution in [0.1, 0.15) is 24.6 Å². The van der Waals surface area contributed by atoms with Crippen molar-refractivity contribution < 1.29 is 8.42 Å². The third kappa shape index (κ3) is 3.34. The normalized spacial score (nSPS) is 24.4. The van der Waals surface area contributed by atoms with E-state index in [2.05, 4.69) is 14.7 Å². The van der Waals surface area contributed by atoms with Gasteiger partial charge in [-0.2, -0.15) is 5.10 Å². The van der Waals surface area contributed by atoms with Crippen LogP contribution in [0.5, 0.6) is 0 Å². The van der Waals surface area contributed by atoms with Gasteiger partial charge in [0.1, 0.15) is 0 Å². The molecule has 0 radical (unpaired) electrons. The predicted octanol–water partition coefficient (Wildman–Crippen LogP) is 0.199. The Morgan fingerprint density at radius 1 is 1.47 bits per heavy atom.